The summed E-state index contributed by atoms with van der Waals surface area (Å²) in [4.78, 5) is 16.4. The fraction of sp³-hybridized carbons (Fsp3) is 0.474. The quantitative estimate of drug-likeness (QED) is 0.851. The van der Waals surface area contributed by atoms with Crippen LogP contribution in [0.3, 0.4) is 0 Å². The molecule has 1 saturated carbocycles. The minimum Gasteiger partial charge on any atom is -0.338 e. The smallest absolute Gasteiger partial charge is 0.315 e. The van der Waals surface area contributed by atoms with Crippen LogP contribution in [0.5, 0.6) is 0 Å². The number of hydrogen-bond acceptors (Lipinski definition) is 3. The standard InChI is InChI=1S/C19H25N3OS/c1-14-21-18(13-24-14)16-9-7-15(8-10-16)11-12-20-19(23)22-17-5-3-2-4-6-17/h7-10,13,17H,2-6,11-12H2,1H3,(H2,20,22,23). The van der Waals surface area contributed by atoms with Gasteiger partial charge in [0.25, 0.3) is 0 Å². The summed E-state index contributed by atoms with van der Waals surface area (Å²) < 4.78 is 0. The summed E-state index contributed by atoms with van der Waals surface area (Å²) >= 11 is 1.67. The second kappa shape index (κ2) is 8.29. The predicted molar refractivity (Wildman–Crippen MR) is 99.4 cm³/mol. The van der Waals surface area contributed by atoms with Crippen molar-refractivity contribution in [1.29, 1.82) is 0 Å². The first-order valence-corrected chi connectivity index (χ1v) is 9.64. The van der Waals surface area contributed by atoms with E-state index in [0.29, 0.717) is 12.6 Å². The molecule has 0 atom stereocenters. The van der Waals surface area contributed by atoms with Gasteiger partial charge in [-0.1, -0.05) is 43.5 Å². The first-order valence-electron chi connectivity index (χ1n) is 8.76. The average molecular weight is 343 g/mol. The molecule has 1 aromatic carbocycles. The molecule has 1 aliphatic rings. The normalized spacial score (nSPS) is 15.2. The summed E-state index contributed by atoms with van der Waals surface area (Å²) in [5.74, 6) is 0. The number of rotatable bonds is 5. The molecule has 0 saturated heterocycles. The van der Waals surface area contributed by atoms with E-state index in [1.54, 1.807) is 11.3 Å². The number of aryl methyl sites for hydroxylation is 1. The Bertz CT molecular complexity index is 660. The van der Waals surface area contributed by atoms with Gasteiger partial charge in [-0.25, -0.2) is 9.78 Å². The Morgan fingerprint density at radius 1 is 1.21 bits per heavy atom. The average Bonchev–Trinajstić information content (AvgIpc) is 3.03. The highest BCUT2D eigenvalue weighted by Crippen LogP contribution is 2.22. The molecular formula is C19H25N3OS. The van der Waals surface area contributed by atoms with Gasteiger partial charge < -0.3 is 10.6 Å². The maximum atomic E-state index is 11.9. The summed E-state index contributed by atoms with van der Waals surface area (Å²) in [6.07, 6.45) is 6.84. The molecule has 128 valence electrons. The maximum Gasteiger partial charge on any atom is 0.315 e. The van der Waals surface area contributed by atoms with Gasteiger partial charge in [0, 0.05) is 23.5 Å². The van der Waals surface area contributed by atoms with Gasteiger partial charge in [0.15, 0.2) is 0 Å². The molecule has 1 aliphatic carbocycles. The van der Waals surface area contributed by atoms with Crippen molar-refractivity contribution in [3.63, 3.8) is 0 Å². The number of benzene rings is 1. The van der Waals surface area contributed by atoms with E-state index in [-0.39, 0.29) is 6.03 Å². The number of urea groups is 1. The first-order chi connectivity index (χ1) is 11.7. The number of hydrogen-bond donors (Lipinski definition) is 2. The van der Waals surface area contributed by atoms with Crippen LogP contribution in [0.4, 0.5) is 4.79 Å². The van der Waals surface area contributed by atoms with Gasteiger partial charge in [0.1, 0.15) is 0 Å². The van der Waals surface area contributed by atoms with Gasteiger partial charge in [0.2, 0.25) is 0 Å². The minimum atomic E-state index is -0.0310. The lowest BCUT2D eigenvalue weighted by Gasteiger charge is -2.22. The van der Waals surface area contributed by atoms with Crippen LogP contribution < -0.4 is 10.6 Å². The van der Waals surface area contributed by atoms with Crippen LogP contribution in [0.15, 0.2) is 29.6 Å². The molecule has 1 heterocycles. The molecule has 0 bridgehead atoms. The Labute approximate surface area is 147 Å². The van der Waals surface area contributed by atoms with Crippen molar-refractivity contribution in [3.05, 3.63) is 40.2 Å². The molecular weight excluding hydrogens is 318 g/mol. The lowest BCUT2D eigenvalue weighted by atomic mass is 9.96. The third kappa shape index (κ3) is 4.81. The summed E-state index contributed by atoms with van der Waals surface area (Å²) in [7, 11) is 0. The van der Waals surface area contributed by atoms with Gasteiger partial charge >= 0.3 is 6.03 Å². The second-order valence-electron chi connectivity index (χ2n) is 6.43. The van der Waals surface area contributed by atoms with Crippen LogP contribution in [-0.4, -0.2) is 23.6 Å². The zero-order valence-corrected chi connectivity index (χ0v) is 15.0. The Morgan fingerprint density at radius 2 is 1.96 bits per heavy atom. The van der Waals surface area contributed by atoms with Gasteiger partial charge in [-0.2, -0.15) is 0 Å². The first kappa shape index (κ1) is 17.0. The highest BCUT2D eigenvalue weighted by atomic mass is 32.1. The zero-order valence-electron chi connectivity index (χ0n) is 14.2. The molecule has 0 spiro atoms. The highest BCUT2D eigenvalue weighted by molar-refractivity contribution is 7.09. The number of thiazole rings is 1. The number of aromatic nitrogens is 1. The van der Waals surface area contributed by atoms with Crippen LogP contribution in [0.25, 0.3) is 11.3 Å². The summed E-state index contributed by atoms with van der Waals surface area (Å²) in [6.45, 7) is 2.68. The molecule has 1 aromatic heterocycles. The molecule has 3 rings (SSSR count). The Morgan fingerprint density at radius 3 is 2.62 bits per heavy atom. The monoisotopic (exact) mass is 343 g/mol. The molecule has 24 heavy (non-hydrogen) atoms. The number of amides is 2. The van der Waals surface area contributed by atoms with Crippen LogP contribution in [-0.2, 0) is 6.42 Å². The van der Waals surface area contributed by atoms with Gasteiger partial charge in [-0.3, -0.25) is 0 Å². The van der Waals surface area contributed by atoms with Gasteiger partial charge in [0.05, 0.1) is 10.7 Å². The summed E-state index contributed by atoms with van der Waals surface area (Å²) in [6, 6.07) is 8.77. The van der Waals surface area contributed by atoms with Crippen molar-refractivity contribution in [3.8, 4) is 11.3 Å². The molecule has 2 aromatic rings. The van der Waals surface area contributed by atoms with Crippen molar-refractivity contribution in [1.82, 2.24) is 15.6 Å². The van der Waals surface area contributed by atoms with Crippen molar-refractivity contribution in [2.45, 2.75) is 51.5 Å². The Hall–Kier alpha value is -1.88. The number of carbonyl (C=O) groups excluding carboxylic acids is 1. The lowest BCUT2D eigenvalue weighted by molar-refractivity contribution is 0.233. The van der Waals surface area contributed by atoms with Crippen LogP contribution in [0.1, 0.15) is 42.7 Å². The topological polar surface area (TPSA) is 54.0 Å². The third-order valence-corrected chi connectivity index (χ3v) is 5.28. The van der Waals surface area contributed by atoms with E-state index in [2.05, 4.69) is 45.3 Å². The zero-order chi connectivity index (χ0) is 16.8. The van der Waals surface area contributed by atoms with Crippen molar-refractivity contribution in [2.75, 3.05) is 6.54 Å². The Kier molecular flexibility index (Phi) is 5.86. The van der Waals surface area contributed by atoms with Crippen LogP contribution in [0, 0.1) is 6.92 Å². The summed E-state index contributed by atoms with van der Waals surface area (Å²) in [5, 5.41) is 9.22. The molecule has 0 aliphatic heterocycles. The predicted octanol–water partition coefficient (Wildman–Crippen LogP) is 4.29. The van der Waals surface area contributed by atoms with Crippen molar-refractivity contribution in [2.24, 2.45) is 0 Å². The lowest BCUT2D eigenvalue weighted by Crippen LogP contribution is -2.43. The molecule has 2 N–H and O–H groups in total. The molecule has 0 unspecified atom stereocenters. The van der Waals surface area contributed by atoms with E-state index in [4.69, 9.17) is 0 Å². The van der Waals surface area contributed by atoms with Crippen LogP contribution >= 0.6 is 11.3 Å². The van der Waals surface area contributed by atoms with E-state index in [1.807, 2.05) is 6.92 Å². The van der Waals surface area contributed by atoms with E-state index in [0.717, 1.165) is 35.5 Å². The van der Waals surface area contributed by atoms with E-state index >= 15 is 0 Å². The van der Waals surface area contributed by atoms with Crippen LogP contribution in [0.2, 0.25) is 0 Å². The third-order valence-electron chi connectivity index (χ3n) is 4.51. The van der Waals surface area contributed by atoms with E-state index in [9.17, 15) is 4.79 Å². The molecule has 5 heteroatoms. The SMILES string of the molecule is Cc1nc(-c2ccc(CCNC(=O)NC3CCCCC3)cc2)cs1. The molecule has 2 amide bonds. The largest absolute Gasteiger partial charge is 0.338 e. The minimum absolute atomic E-state index is 0.0310. The molecule has 4 nitrogen and oxygen atoms in total. The second-order valence-corrected chi connectivity index (χ2v) is 7.50. The van der Waals surface area contributed by atoms with Gasteiger partial charge in [-0.15, -0.1) is 11.3 Å². The van der Waals surface area contributed by atoms with Crippen molar-refractivity contribution >= 4 is 17.4 Å². The number of nitrogens with zero attached hydrogens (tertiary/aromatic N) is 1. The van der Waals surface area contributed by atoms with Crippen molar-refractivity contribution < 1.29 is 4.79 Å². The number of carbonyl (C=O) groups is 1. The fourth-order valence-corrected chi connectivity index (χ4v) is 3.76. The Balaban J connectivity index is 1.42. The van der Waals surface area contributed by atoms with Gasteiger partial charge in [-0.05, 0) is 31.7 Å². The highest BCUT2D eigenvalue weighted by Gasteiger charge is 2.15. The summed E-state index contributed by atoms with van der Waals surface area (Å²) in [5.41, 5.74) is 3.41. The maximum absolute atomic E-state index is 11.9. The van der Waals surface area contributed by atoms with E-state index < -0.39 is 0 Å². The number of nitrogens with one attached hydrogen (secondary N) is 2. The fourth-order valence-electron chi connectivity index (χ4n) is 3.14. The molecule has 0 radical (unpaired) electrons. The molecule has 1 fully saturated rings. The van der Waals surface area contributed by atoms with E-state index in [1.165, 1.54) is 24.8 Å².